The summed E-state index contributed by atoms with van der Waals surface area (Å²) in [5, 5.41) is 4.63. The maximum Gasteiger partial charge on any atom is 0.156 e. The molecule has 0 aromatic rings. The summed E-state index contributed by atoms with van der Waals surface area (Å²) in [5.41, 5.74) is 0. The zero-order valence-corrected chi connectivity index (χ0v) is 12.9. The van der Waals surface area contributed by atoms with E-state index in [9.17, 15) is 0 Å². The Labute approximate surface area is 116 Å². The second kappa shape index (κ2) is 8.77. The second-order valence-corrected chi connectivity index (χ2v) is 6.27. The molecule has 1 unspecified atom stereocenters. The van der Waals surface area contributed by atoms with Gasteiger partial charge in [0, 0.05) is 32.0 Å². The van der Waals surface area contributed by atoms with Crippen LogP contribution in [0.2, 0.25) is 0 Å². The molecular formula is C13H27N3OS. The van der Waals surface area contributed by atoms with E-state index in [1.807, 2.05) is 11.8 Å². The fourth-order valence-corrected chi connectivity index (χ4v) is 2.92. The quantitative estimate of drug-likeness (QED) is 0.730. The summed E-state index contributed by atoms with van der Waals surface area (Å²) in [4.78, 5) is 6.86. The summed E-state index contributed by atoms with van der Waals surface area (Å²) in [6.45, 7) is 8.15. The van der Waals surface area contributed by atoms with Gasteiger partial charge in [-0.2, -0.15) is 0 Å². The number of aliphatic imine (C=N–C) groups is 1. The smallest absolute Gasteiger partial charge is 0.156 e. The van der Waals surface area contributed by atoms with E-state index in [0.29, 0.717) is 6.04 Å². The van der Waals surface area contributed by atoms with Crippen LogP contribution in [0.5, 0.6) is 0 Å². The molecule has 0 amide bonds. The SMILES string of the molecule is COCCN(C)CCN=C1NC(CC(C)C)CS1. The van der Waals surface area contributed by atoms with E-state index in [4.69, 9.17) is 4.74 Å². The van der Waals surface area contributed by atoms with Crippen LogP contribution in [0.15, 0.2) is 4.99 Å². The van der Waals surface area contributed by atoms with Crippen LogP contribution >= 0.6 is 11.8 Å². The molecule has 106 valence electrons. The Balaban J connectivity index is 2.16. The van der Waals surface area contributed by atoms with Gasteiger partial charge in [-0.25, -0.2) is 0 Å². The van der Waals surface area contributed by atoms with Crippen LogP contribution in [0.3, 0.4) is 0 Å². The van der Waals surface area contributed by atoms with Crippen molar-refractivity contribution in [2.75, 3.05) is 46.2 Å². The van der Waals surface area contributed by atoms with Gasteiger partial charge in [0.25, 0.3) is 0 Å². The number of nitrogens with zero attached hydrogens (tertiary/aromatic N) is 2. The molecule has 0 saturated carbocycles. The lowest BCUT2D eigenvalue weighted by Gasteiger charge is -2.14. The Morgan fingerprint density at radius 2 is 2.28 bits per heavy atom. The van der Waals surface area contributed by atoms with Crippen molar-refractivity contribution in [2.45, 2.75) is 26.3 Å². The van der Waals surface area contributed by atoms with Gasteiger partial charge in [-0.3, -0.25) is 4.99 Å². The van der Waals surface area contributed by atoms with Gasteiger partial charge in [-0.05, 0) is 19.4 Å². The highest BCUT2D eigenvalue weighted by molar-refractivity contribution is 8.14. The van der Waals surface area contributed by atoms with Gasteiger partial charge in [0.05, 0.1) is 13.2 Å². The minimum atomic E-state index is 0.611. The van der Waals surface area contributed by atoms with Gasteiger partial charge in [-0.1, -0.05) is 25.6 Å². The van der Waals surface area contributed by atoms with Gasteiger partial charge in [-0.15, -0.1) is 0 Å². The topological polar surface area (TPSA) is 36.9 Å². The lowest BCUT2D eigenvalue weighted by atomic mass is 10.1. The van der Waals surface area contributed by atoms with Gasteiger partial charge < -0.3 is 15.0 Å². The van der Waals surface area contributed by atoms with Crippen molar-refractivity contribution >= 4 is 16.9 Å². The third kappa shape index (κ3) is 6.61. The molecule has 0 spiro atoms. The number of methoxy groups -OCH3 is 1. The first kappa shape index (κ1) is 15.8. The molecule has 1 aliphatic heterocycles. The summed E-state index contributed by atoms with van der Waals surface area (Å²) in [6, 6.07) is 0.611. The first-order chi connectivity index (χ1) is 8.61. The van der Waals surface area contributed by atoms with Crippen LogP contribution in [-0.2, 0) is 4.74 Å². The van der Waals surface area contributed by atoms with Gasteiger partial charge in [0.1, 0.15) is 0 Å². The Bertz CT molecular complexity index is 259. The lowest BCUT2D eigenvalue weighted by Crippen LogP contribution is -2.29. The number of likely N-dealkylation sites (N-methyl/N-ethyl adjacent to an activating group) is 1. The van der Waals surface area contributed by atoms with Crippen LogP contribution in [0.1, 0.15) is 20.3 Å². The molecule has 4 nitrogen and oxygen atoms in total. The van der Waals surface area contributed by atoms with Crippen LogP contribution in [0.25, 0.3) is 0 Å². The molecule has 1 N–H and O–H groups in total. The average molecular weight is 273 g/mol. The number of rotatable bonds is 8. The monoisotopic (exact) mass is 273 g/mol. The van der Waals surface area contributed by atoms with E-state index in [1.165, 1.54) is 6.42 Å². The molecule has 5 heteroatoms. The first-order valence-corrected chi connectivity index (χ1v) is 7.71. The van der Waals surface area contributed by atoms with E-state index >= 15 is 0 Å². The van der Waals surface area contributed by atoms with E-state index in [1.54, 1.807) is 7.11 Å². The molecule has 1 fully saturated rings. The minimum Gasteiger partial charge on any atom is -0.383 e. The van der Waals surface area contributed by atoms with E-state index in [-0.39, 0.29) is 0 Å². The van der Waals surface area contributed by atoms with Gasteiger partial charge in [0.2, 0.25) is 0 Å². The molecule has 1 aliphatic rings. The number of hydrogen-bond acceptors (Lipinski definition) is 4. The molecule has 0 aromatic carbocycles. The number of nitrogens with one attached hydrogen (secondary N) is 1. The van der Waals surface area contributed by atoms with Crippen molar-refractivity contribution in [3.05, 3.63) is 0 Å². The summed E-state index contributed by atoms with van der Waals surface area (Å²) < 4.78 is 5.05. The number of hydrogen-bond donors (Lipinski definition) is 1. The third-order valence-corrected chi connectivity index (χ3v) is 4.01. The average Bonchev–Trinajstić information content (AvgIpc) is 2.73. The highest BCUT2D eigenvalue weighted by Gasteiger charge is 2.20. The van der Waals surface area contributed by atoms with E-state index in [2.05, 4.69) is 36.1 Å². The van der Waals surface area contributed by atoms with Crippen molar-refractivity contribution in [3.8, 4) is 0 Å². The molecule has 1 heterocycles. The Morgan fingerprint density at radius 3 is 2.94 bits per heavy atom. The van der Waals surface area contributed by atoms with Crippen molar-refractivity contribution in [2.24, 2.45) is 10.9 Å². The molecule has 1 atom stereocenters. The van der Waals surface area contributed by atoms with Crippen LogP contribution in [0, 0.1) is 5.92 Å². The lowest BCUT2D eigenvalue weighted by molar-refractivity contribution is 0.163. The predicted octanol–water partition coefficient (Wildman–Crippen LogP) is 1.67. The third-order valence-electron chi connectivity index (χ3n) is 2.92. The fourth-order valence-electron chi connectivity index (χ4n) is 1.91. The van der Waals surface area contributed by atoms with Crippen molar-refractivity contribution in [1.29, 1.82) is 0 Å². The van der Waals surface area contributed by atoms with E-state index in [0.717, 1.165) is 43.1 Å². The number of amidine groups is 1. The molecule has 0 radical (unpaired) electrons. The normalized spacial score (nSPS) is 22.1. The van der Waals surface area contributed by atoms with E-state index < -0.39 is 0 Å². The summed E-state index contributed by atoms with van der Waals surface area (Å²) in [7, 11) is 3.85. The summed E-state index contributed by atoms with van der Waals surface area (Å²) >= 11 is 1.86. The highest BCUT2D eigenvalue weighted by Crippen LogP contribution is 2.18. The Kier molecular flexibility index (Phi) is 7.70. The molecule has 18 heavy (non-hydrogen) atoms. The predicted molar refractivity (Wildman–Crippen MR) is 80.5 cm³/mol. The molecule has 1 saturated heterocycles. The van der Waals surface area contributed by atoms with Gasteiger partial charge in [0.15, 0.2) is 5.17 Å². The summed E-state index contributed by atoms with van der Waals surface area (Å²) in [5.74, 6) is 1.92. The van der Waals surface area contributed by atoms with Crippen LogP contribution in [-0.4, -0.2) is 62.3 Å². The molecule has 0 bridgehead atoms. The Morgan fingerprint density at radius 1 is 1.50 bits per heavy atom. The van der Waals surface area contributed by atoms with Crippen molar-refractivity contribution < 1.29 is 4.74 Å². The first-order valence-electron chi connectivity index (χ1n) is 6.73. The van der Waals surface area contributed by atoms with Crippen LogP contribution < -0.4 is 5.32 Å². The molecule has 1 rings (SSSR count). The standard InChI is InChI=1S/C13H27N3OS/c1-11(2)9-12-10-18-13(15-12)14-5-6-16(3)7-8-17-4/h11-12H,5-10H2,1-4H3,(H,14,15). The second-order valence-electron chi connectivity index (χ2n) is 5.26. The van der Waals surface area contributed by atoms with Crippen molar-refractivity contribution in [1.82, 2.24) is 10.2 Å². The van der Waals surface area contributed by atoms with Crippen LogP contribution in [0.4, 0.5) is 0 Å². The highest BCUT2D eigenvalue weighted by atomic mass is 32.2. The minimum absolute atomic E-state index is 0.611. The zero-order chi connectivity index (χ0) is 13.4. The Hall–Kier alpha value is -0.260. The largest absolute Gasteiger partial charge is 0.383 e. The fraction of sp³-hybridized carbons (Fsp3) is 0.923. The maximum atomic E-state index is 5.05. The molecular weight excluding hydrogens is 246 g/mol. The molecule has 0 aromatic heterocycles. The number of ether oxygens (including phenoxy) is 1. The molecule has 0 aliphatic carbocycles. The van der Waals surface area contributed by atoms with Gasteiger partial charge >= 0.3 is 0 Å². The summed E-state index contributed by atoms with van der Waals surface area (Å²) in [6.07, 6.45) is 1.24. The number of thioether (sulfide) groups is 1. The van der Waals surface area contributed by atoms with Crippen molar-refractivity contribution in [3.63, 3.8) is 0 Å². The maximum absolute atomic E-state index is 5.05. The zero-order valence-electron chi connectivity index (χ0n) is 12.1.